The number of hydrogen-bond acceptors (Lipinski definition) is 5. The number of nitrogens with zero attached hydrogens (tertiary/aromatic N) is 3. The maximum absolute atomic E-state index is 12.6. The minimum absolute atomic E-state index is 0.137. The fourth-order valence-electron chi connectivity index (χ4n) is 3.41. The Hall–Kier alpha value is -3.29. The van der Waals surface area contributed by atoms with Crippen LogP contribution >= 0.6 is 23.2 Å². The van der Waals surface area contributed by atoms with Crippen molar-refractivity contribution in [1.29, 1.82) is 0 Å². The Morgan fingerprint density at radius 1 is 1.15 bits per heavy atom. The van der Waals surface area contributed by atoms with Crippen molar-refractivity contribution in [3.05, 3.63) is 93.1 Å². The molecule has 4 aromatic rings. The van der Waals surface area contributed by atoms with E-state index in [4.69, 9.17) is 32.4 Å². The second-order valence-electron chi connectivity index (χ2n) is 8.17. The molecular formula is C25H24Cl2N4O3. The highest BCUT2D eigenvalue weighted by Crippen LogP contribution is 2.28. The fourth-order valence-corrected chi connectivity index (χ4v) is 3.92. The fraction of sp³-hybridized carbons (Fsp3) is 0.240. The van der Waals surface area contributed by atoms with Gasteiger partial charge in [0.1, 0.15) is 24.4 Å². The summed E-state index contributed by atoms with van der Waals surface area (Å²) in [5.41, 5.74) is 2.95. The molecule has 176 valence electrons. The van der Waals surface area contributed by atoms with Crippen LogP contribution in [0.15, 0.2) is 59.3 Å². The summed E-state index contributed by atoms with van der Waals surface area (Å²) in [4.78, 5) is 16.7. The van der Waals surface area contributed by atoms with Crippen molar-refractivity contribution in [2.45, 2.75) is 39.8 Å². The standard InChI is InChI=1S/C25H24Cl2N4O3/c1-15(2)18-9-7-16(3)11-23(18)33-13-17-8-10-22(34-17)24(32)29-25-28-14-31(30-25)12-19-20(26)5-4-6-21(19)27/h4-11,14-15H,12-13H2,1-3H3,(H,29,30,32). The third kappa shape index (κ3) is 5.61. The molecule has 1 N–H and O–H groups in total. The van der Waals surface area contributed by atoms with Crippen molar-refractivity contribution >= 4 is 35.1 Å². The maximum atomic E-state index is 12.6. The summed E-state index contributed by atoms with van der Waals surface area (Å²) < 4.78 is 13.2. The normalized spacial score (nSPS) is 11.1. The van der Waals surface area contributed by atoms with Crippen molar-refractivity contribution in [3.8, 4) is 5.75 Å². The number of nitrogens with one attached hydrogen (secondary N) is 1. The van der Waals surface area contributed by atoms with Crippen LogP contribution < -0.4 is 10.1 Å². The summed E-state index contributed by atoms with van der Waals surface area (Å²) >= 11 is 12.4. The Balaban J connectivity index is 1.38. The van der Waals surface area contributed by atoms with Gasteiger partial charge in [0.25, 0.3) is 5.91 Å². The van der Waals surface area contributed by atoms with Crippen LogP contribution in [-0.4, -0.2) is 20.7 Å². The van der Waals surface area contributed by atoms with Crippen LogP contribution in [0.4, 0.5) is 5.95 Å². The first kappa shape index (κ1) is 23.9. The number of ether oxygens (including phenoxy) is 1. The second kappa shape index (κ2) is 10.3. The molecule has 2 aromatic heterocycles. The van der Waals surface area contributed by atoms with Gasteiger partial charge in [0.2, 0.25) is 5.95 Å². The van der Waals surface area contributed by atoms with E-state index in [1.54, 1.807) is 30.3 Å². The maximum Gasteiger partial charge on any atom is 0.293 e. The van der Waals surface area contributed by atoms with Gasteiger partial charge in [-0.3, -0.25) is 10.1 Å². The zero-order valence-corrected chi connectivity index (χ0v) is 20.5. The minimum Gasteiger partial charge on any atom is -0.485 e. The lowest BCUT2D eigenvalue weighted by Gasteiger charge is -2.14. The number of amides is 1. The van der Waals surface area contributed by atoms with Gasteiger partial charge in [-0.1, -0.05) is 55.2 Å². The third-order valence-corrected chi connectivity index (χ3v) is 5.90. The van der Waals surface area contributed by atoms with Crippen molar-refractivity contribution < 1.29 is 13.9 Å². The van der Waals surface area contributed by atoms with E-state index in [2.05, 4.69) is 41.4 Å². The van der Waals surface area contributed by atoms with Crippen LogP contribution in [0.2, 0.25) is 10.0 Å². The number of rotatable bonds is 8. The van der Waals surface area contributed by atoms with E-state index in [0.717, 1.165) is 22.4 Å². The van der Waals surface area contributed by atoms with Crippen molar-refractivity contribution in [1.82, 2.24) is 14.8 Å². The molecule has 0 fully saturated rings. The minimum atomic E-state index is -0.460. The van der Waals surface area contributed by atoms with Crippen LogP contribution in [0.1, 0.15) is 52.8 Å². The molecule has 0 aliphatic rings. The van der Waals surface area contributed by atoms with E-state index in [9.17, 15) is 4.79 Å². The summed E-state index contributed by atoms with van der Waals surface area (Å²) in [6, 6.07) is 14.7. The van der Waals surface area contributed by atoms with Crippen molar-refractivity contribution in [2.75, 3.05) is 5.32 Å². The zero-order valence-electron chi connectivity index (χ0n) is 19.0. The molecule has 0 bridgehead atoms. The van der Waals surface area contributed by atoms with Gasteiger partial charge >= 0.3 is 0 Å². The number of carbonyl (C=O) groups excluding carboxylic acids is 1. The van der Waals surface area contributed by atoms with E-state index in [-0.39, 0.29) is 18.3 Å². The van der Waals surface area contributed by atoms with E-state index in [1.165, 1.54) is 11.0 Å². The zero-order chi connectivity index (χ0) is 24.2. The Morgan fingerprint density at radius 2 is 1.91 bits per heavy atom. The molecule has 1 amide bonds. The summed E-state index contributed by atoms with van der Waals surface area (Å²) in [5.74, 6) is 1.49. The predicted octanol–water partition coefficient (Wildman–Crippen LogP) is 6.49. The molecule has 4 rings (SSSR count). The van der Waals surface area contributed by atoms with Crippen LogP contribution in [-0.2, 0) is 13.2 Å². The molecule has 0 radical (unpaired) electrons. The van der Waals surface area contributed by atoms with Gasteiger partial charge in [0, 0.05) is 15.6 Å². The molecule has 34 heavy (non-hydrogen) atoms. The molecule has 7 nitrogen and oxygen atoms in total. The SMILES string of the molecule is Cc1ccc(C(C)C)c(OCc2ccc(C(=O)Nc3ncn(Cc4c(Cl)cccc4Cl)n3)o2)c1. The third-order valence-electron chi connectivity index (χ3n) is 5.19. The van der Waals surface area contributed by atoms with E-state index < -0.39 is 5.91 Å². The largest absolute Gasteiger partial charge is 0.485 e. The summed E-state index contributed by atoms with van der Waals surface area (Å²) in [7, 11) is 0. The topological polar surface area (TPSA) is 82.2 Å². The average Bonchev–Trinajstić information content (AvgIpc) is 3.44. The molecular weight excluding hydrogens is 475 g/mol. The number of hydrogen-bond donors (Lipinski definition) is 1. The van der Waals surface area contributed by atoms with Gasteiger partial charge in [-0.25, -0.2) is 9.67 Å². The predicted molar refractivity (Wildman–Crippen MR) is 132 cm³/mol. The Kier molecular flexibility index (Phi) is 7.24. The quantitative estimate of drug-likeness (QED) is 0.300. The van der Waals surface area contributed by atoms with Gasteiger partial charge in [0.15, 0.2) is 5.76 Å². The highest BCUT2D eigenvalue weighted by Gasteiger charge is 2.16. The Labute approximate surface area is 207 Å². The molecule has 2 aromatic carbocycles. The molecule has 9 heteroatoms. The van der Waals surface area contributed by atoms with Crippen molar-refractivity contribution in [3.63, 3.8) is 0 Å². The van der Waals surface area contributed by atoms with Gasteiger partial charge < -0.3 is 9.15 Å². The highest BCUT2D eigenvalue weighted by atomic mass is 35.5. The molecule has 0 aliphatic carbocycles. The number of benzene rings is 2. The number of aryl methyl sites for hydroxylation is 1. The van der Waals surface area contributed by atoms with Gasteiger partial charge in [-0.2, -0.15) is 0 Å². The molecule has 2 heterocycles. The Bertz CT molecular complexity index is 1290. The van der Waals surface area contributed by atoms with E-state index in [1.807, 2.05) is 13.0 Å². The number of aromatic nitrogens is 3. The van der Waals surface area contributed by atoms with Gasteiger partial charge in [-0.15, -0.1) is 5.10 Å². The van der Waals surface area contributed by atoms with Crippen LogP contribution in [0.3, 0.4) is 0 Å². The summed E-state index contributed by atoms with van der Waals surface area (Å²) in [6.45, 7) is 6.78. The van der Waals surface area contributed by atoms with Crippen LogP contribution in [0.25, 0.3) is 0 Å². The monoisotopic (exact) mass is 498 g/mol. The number of carbonyl (C=O) groups is 1. The number of furan rings is 1. The molecule has 0 spiro atoms. The molecule has 0 unspecified atom stereocenters. The molecule has 0 saturated heterocycles. The van der Waals surface area contributed by atoms with E-state index >= 15 is 0 Å². The average molecular weight is 499 g/mol. The van der Waals surface area contributed by atoms with Gasteiger partial charge in [0.05, 0.1) is 6.54 Å². The Morgan fingerprint density at radius 3 is 2.65 bits per heavy atom. The first-order valence-electron chi connectivity index (χ1n) is 10.8. The molecule has 0 aliphatic heterocycles. The number of anilines is 1. The van der Waals surface area contributed by atoms with Crippen molar-refractivity contribution in [2.24, 2.45) is 0 Å². The highest BCUT2D eigenvalue weighted by molar-refractivity contribution is 6.35. The lowest BCUT2D eigenvalue weighted by atomic mass is 10.0. The lowest BCUT2D eigenvalue weighted by molar-refractivity contribution is 0.0991. The lowest BCUT2D eigenvalue weighted by Crippen LogP contribution is -2.12. The first-order chi connectivity index (χ1) is 16.3. The first-order valence-corrected chi connectivity index (χ1v) is 11.5. The second-order valence-corrected chi connectivity index (χ2v) is 8.99. The molecule has 0 atom stereocenters. The smallest absolute Gasteiger partial charge is 0.293 e. The molecule has 0 saturated carbocycles. The van der Waals surface area contributed by atoms with Crippen LogP contribution in [0.5, 0.6) is 5.75 Å². The summed E-state index contributed by atoms with van der Waals surface area (Å²) in [6.07, 6.45) is 1.49. The summed E-state index contributed by atoms with van der Waals surface area (Å²) in [5, 5.41) is 7.96. The van der Waals surface area contributed by atoms with Crippen LogP contribution in [0, 0.1) is 6.92 Å². The number of halogens is 2. The van der Waals surface area contributed by atoms with Gasteiger partial charge in [-0.05, 0) is 54.3 Å². The van der Waals surface area contributed by atoms with E-state index in [0.29, 0.717) is 28.3 Å².